The summed E-state index contributed by atoms with van der Waals surface area (Å²) in [4.78, 5) is 4.82. The molecule has 1 N–H and O–H groups in total. The molecule has 0 aliphatic rings. The van der Waals surface area contributed by atoms with E-state index in [9.17, 15) is 0 Å². The molecule has 0 aliphatic carbocycles. The number of benzene rings is 2. The van der Waals surface area contributed by atoms with Gasteiger partial charge in [-0.2, -0.15) is 0 Å². The van der Waals surface area contributed by atoms with Gasteiger partial charge >= 0.3 is 0 Å². The van der Waals surface area contributed by atoms with E-state index in [-0.39, 0.29) is 0 Å². The Kier molecular flexibility index (Phi) is 3.98. The molecule has 0 amide bonds. The van der Waals surface area contributed by atoms with Crippen LogP contribution in [0.25, 0.3) is 22.2 Å². The summed E-state index contributed by atoms with van der Waals surface area (Å²) in [5, 5.41) is 4.66. The van der Waals surface area contributed by atoms with E-state index in [1.807, 2.05) is 12.1 Å². The first-order chi connectivity index (χ1) is 10.3. The maximum atomic E-state index is 4.82. The molecule has 0 saturated carbocycles. The summed E-state index contributed by atoms with van der Waals surface area (Å²) in [6, 6.07) is 21.3. The van der Waals surface area contributed by atoms with Crippen LogP contribution >= 0.6 is 0 Å². The van der Waals surface area contributed by atoms with E-state index in [0.29, 0.717) is 6.04 Å². The van der Waals surface area contributed by atoms with Crippen LogP contribution in [0.2, 0.25) is 0 Å². The van der Waals surface area contributed by atoms with Crippen LogP contribution in [0, 0.1) is 0 Å². The highest BCUT2D eigenvalue weighted by atomic mass is 14.9. The van der Waals surface area contributed by atoms with Crippen LogP contribution in [0.5, 0.6) is 0 Å². The van der Waals surface area contributed by atoms with Crippen molar-refractivity contribution in [1.29, 1.82) is 0 Å². The molecule has 3 aromatic rings. The quantitative estimate of drug-likeness (QED) is 0.755. The third-order valence-corrected chi connectivity index (χ3v) is 3.81. The van der Waals surface area contributed by atoms with Crippen molar-refractivity contribution in [3.8, 4) is 11.3 Å². The Morgan fingerprint density at radius 3 is 2.57 bits per heavy atom. The first kappa shape index (κ1) is 13.8. The third kappa shape index (κ3) is 2.81. The first-order valence-corrected chi connectivity index (χ1v) is 7.48. The number of para-hydroxylation sites is 1. The van der Waals surface area contributed by atoms with Crippen LogP contribution in [0.3, 0.4) is 0 Å². The topological polar surface area (TPSA) is 24.9 Å². The molecule has 106 valence electrons. The number of aromatic nitrogens is 1. The number of hydrogen-bond acceptors (Lipinski definition) is 2. The second kappa shape index (κ2) is 6.06. The van der Waals surface area contributed by atoms with Crippen molar-refractivity contribution in [3.63, 3.8) is 0 Å². The number of pyridine rings is 1. The first-order valence-electron chi connectivity index (χ1n) is 7.48. The summed E-state index contributed by atoms with van der Waals surface area (Å²) in [5.74, 6) is 0. The van der Waals surface area contributed by atoms with Crippen molar-refractivity contribution in [2.45, 2.75) is 19.9 Å². The Bertz CT molecular complexity index is 749. The van der Waals surface area contributed by atoms with E-state index in [1.165, 1.54) is 16.5 Å². The number of rotatable bonds is 4. The van der Waals surface area contributed by atoms with Gasteiger partial charge in [0, 0.05) is 17.0 Å². The van der Waals surface area contributed by atoms with Crippen LogP contribution in [-0.2, 0) is 0 Å². The highest BCUT2D eigenvalue weighted by Gasteiger charge is 2.11. The molecule has 1 unspecified atom stereocenters. The number of fused-ring (bicyclic) bond motifs is 1. The zero-order valence-electron chi connectivity index (χ0n) is 12.5. The summed E-state index contributed by atoms with van der Waals surface area (Å²) in [5.41, 5.74) is 4.58. The Hall–Kier alpha value is -2.19. The normalized spacial score (nSPS) is 12.5. The van der Waals surface area contributed by atoms with Crippen molar-refractivity contribution in [2.24, 2.45) is 0 Å². The number of nitrogens with zero attached hydrogens (tertiary/aromatic N) is 1. The van der Waals surface area contributed by atoms with Crippen LogP contribution in [0.1, 0.15) is 25.5 Å². The highest BCUT2D eigenvalue weighted by molar-refractivity contribution is 5.82. The Labute approximate surface area is 125 Å². The van der Waals surface area contributed by atoms with Gasteiger partial charge in [-0.15, -0.1) is 0 Å². The second-order valence-corrected chi connectivity index (χ2v) is 5.26. The maximum Gasteiger partial charge on any atom is 0.0713 e. The van der Waals surface area contributed by atoms with E-state index in [4.69, 9.17) is 4.98 Å². The van der Waals surface area contributed by atoms with Crippen molar-refractivity contribution < 1.29 is 0 Å². The molecule has 3 rings (SSSR count). The Balaban J connectivity index is 2.09. The second-order valence-electron chi connectivity index (χ2n) is 5.26. The smallest absolute Gasteiger partial charge is 0.0713 e. The van der Waals surface area contributed by atoms with Crippen molar-refractivity contribution in [2.75, 3.05) is 6.54 Å². The molecular weight excluding hydrogens is 256 g/mol. The van der Waals surface area contributed by atoms with Gasteiger partial charge in [-0.25, -0.2) is 4.98 Å². The minimum absolute atomic E-state index is 0.319. The highest BCUT2D eigenvalue weighted by Crippen LogP contribution is 2.28. The Morgan fingerprint density at radius 1 is 0.952 bits per heavy atom. The largest absolute Gasteiger partial charge is 0.310 e. The lowest BCUT2D eigenvalue weighted by molar-refractivity contribution is 0.599. The number of nitrogens with one attached hydrogen (secondary N) is 1. The van der Waals surface area contributed by atoms with E-state index in [1.54, 1.807) is 0 Å². The molecular formula is C19H20N2. The molecule has 0 bridgehead atoms. The van der Waals surface area contributed by atoms with Crippen LogP contribution in [0.4, 0.5) is 0 Å². The predicted octanol–water partition coefficient (Wildman–Crippen LogP) is 4.57. The number of hydrogen-bond donors (Lipinski definition) is 1. The molecule has 1 atom stereocenters. The van der Waals surface area contributed by atoms with E-state index in [0.717, 1.165) is 17.8 Å². The molecule has 2 heteroatoms. The van der Waals surface area contributed by atoms with Crippen molar-refractivity contribution >= 4 is 10.9 Å². The zero-order chi connectivity index (χ0) is 14.7. The monoisotopic (exact) mass is 276 g/mol. The molecule has 0 fully saturated rings. The van der Waals surface area contributed by atoms with Gasteiger partial charge in [0.15, 0.2) is 0 Å². The van der Waals surface area contributed by atoms with Crippen LogP contribution in [-0.4, -0.2) is 11.5 Å². The molecule has 1 aromatic heterocycles. The average Bonchev–Trinajstić information content (AvgIpc) is 2.54. The van der Waals surface area contributed by atoms with Gasteiger partial charge < -0.3 is 5.32 Å². The maximum absolute atomic E-state index is 4.82. The summed E-state index contributed by atoms with van der Waals surface area (Å²) >= 11 is 0. The van der Waals surface area contributed by atoms with Crippen molar-refractivity contribution in [1.82, 2.24) is 10.3 Å². The van der Waals surface area contributed by atoms with Gasteiger partial charge in [0.1, 0.15) is 0 Å². The van der Waals surface area contributed by atoms with Crippen LogP contribution < -0.4 is 5.32 Å². The zero-order valence-corrected chi connectivity index (χ0v) is 12.5. The predicted molar refractivity (Wildman–Crippen MR) is 89.3 cm³/mol. The van der Waals surface area contributed by atoms with Gasteiger partial charge in [0.25, 0.3) is 0 Å². The van der Waals surface area contributed by atoms with E-state index >= 15 is 0 Å². The standard InChI is InChI=1S/C19H20N2/c1-3-20-14(2)16-9-5-6-10-17(16)19-13-12-15-8-4-7-11-18(15)21-19/h4-14,20H,3H2,1-2H3. The molecule has 0 radical (unpaired) electrons. The SMILES string of the molecule is CCNC(C)c1ccccc1-c1ccc2ccccc2n1. The lowest BCUT2D eigenvalue weighted by Gasteiger charge is -2.17. The fraction of sp³-hybridized carbons (Fsp3) is 0.211. The third-order valence-electron chi connectivity index (χ3n) is 3.81. The molecule has 0 spiro atoms. The molecule has 2 aromatic carbocycles. The molecule has 1 heterocycles. The summed E-state index contributed by atoms with van der Waals surface area (Å²) in [7, 11) is 0. The minimum Gasteiger partial charge on any atom is -0.310 e. The van der Waals surface area contributed by atoms with Crippen LogP contribution in [0.15, 0.2) is 60.7 Å². The summed E-state index contributed by atoms with van der Waals surface area (Å²) < 4.78 is 0. The molecule has 0 aliphatic heterocycles. The van der Waals surface area contributed by atoms with E-state index in [2.05, 4.69) is 67.7 Å². The Morgan fingerprint density at radius 2 is 1.71 bits per heavy atom. The minimum atomic E-state index is 0.319. The van der Waals surface area contributed by atoms with Gasteiger partial charge in [-0.05, 0) is 31.2 Å². The lowest BCUT2D eigenvalue weighted by Crippen LogP contribution is -2.18. The fourth-order valence-electron chi connectivity index (χ4n) is 2.74. The molecule has 0 saturated heterocycles. The fourth-order valence-corrected chi connectivity index (χ4v) is 2.74. The van der Waals surface area contributed by atoms with Crippen molar-refractivity contribution in [3.05, 3.63) is 66.2 Å². The van der Waals surface area contributed by atoms with Gasteiger partial charge in [0.2, 0.25) is 0 Å². The van der Waals surface area contributed by atoms with Gasteiger partial charge in [0.05, 0.1) is 11.2 Å². The molecule has 2 nitrogen and oxygen atoms in total. The lowest BCUT2D eigenvalue weighted by atomic mass is 9.98. The summed E-state index contributed by atoms with van der Waals surface area (Å²) in [6.07, 6.45) is 0. The van der Waals surface area contributed by atoms with Gasteiger partial charge in [-0.3, -0.25) is 0 Å². The average molecular weight is 276 g/mol. The summed E-state index contributed by atoms with van der Waals surface area (Å²) in [6.45, 7) is 5.29. The van der Waals surface area contributed by atoms with Gasteiger partial charge in [-0.1, -0.05) is 55.5 Å². The van der Waals surface area contributed by atoms with E-state index < -0.39 is 0 Å². The molecule has 21 heavy (non-hydrogen) atoms.